The summed E-state index contributed by atoms with van der Waals surface area (Å²) in [6.07, 6.45) is 3.25. The molecule has 5 aromatic rings. The summed E-state index contributed by atoms with van der Waals surface area (Å²) in [6.45, 7) is 4.35. The van der Waals surface area contributed by atoms with E-state index in [-0.39, 0.29) is 33.7 Å². The lowest BCUT2D eigenvalue weighted by molar-refractivity contribution is -0.174. The number of esters is 3. The second kappa shape index (κ2) is 11.9. The first kappa shape index (κ1) is 33.2. The van der Waals surface area contributed by atoms with Crippen molar-refractivity contribution in [1.29, 1.82) is 0 Å². The van der Waals surface area contributed by atoms with Crippen molar-refractivity contribution in [1.82, 2.24) is 39.0 Å². The van der Waals surface area contributed by atoms with Gasteiger partial charge < -0.3 is 24.3 Å². The van der Waals surface area contributed by atoms with Crippen LogP contribution in [0.4, 0.5) is 14.6 Å². The van der Waals surface area contributed by atoms with E-state index in [4.69, 9.17) is 30.5 Å². The van der Waals surface area contributed by atoms with E-state index in [2.05, 4.69) is 35.2 Å². The minimum Gasteiger partial charge on any atom is -0.465 e. The molecule has 4 aromatic heterocycles. The van der Waals surface area contributed by atoms with Crippen molar-refractivity contribution < 1.29 is 42.1 Å². The first-order chi connectivity index (χ1) is 23.8. The number of benzene rings is 1. The van der Waals surface area contributed by atoms with Gasteiger partial charge in [-0.15, -0.1) is 0 Å². The number of halogens is 3. The van der Waals surface area contributed by atoms with Crippen molar-refractivity contribution in [2.45, 2.75) is 70.2 Å². The molecule has 1 saturated carbocycles. The lowest BCUT2D eigenvalue weighted by atomic mass is 9.79. The van der Waals surface area contributed by atoms with Gasteiger partial charge in [0.15, 0.2) is 56.8 Å². The number of rotatable bonds is 8. The van der Waals surface area contributed by atoms with E-state index in [0.717, 1.165) is 53.1 Å². The van der Waals surface area contributed by atoms with Crippen LogP contribution < -0.4 is 10.1 Å². The molecule has 0 radical (unpaired) electrons. The molecule has 0 unspecified atom stereocenters. The van der Waals surface area contributed by atoms with Crippen LogP contribution in [0, 0.1) is 5.82 Å². The van der Waals surface area contributed by atoms with Gasteiger partial charge in [0.1, 0.15) is 30.6 Å². The van der Waals surface area contributed by atoms with Crippen molar-refractivity contribution in [2.75, 3.05) is 12.4 Å². The second-order valence-electron chi connectivity index (χ2n) is 12.1. The average molecular weight is 712 g/mol. The fraction of sp³-hybridized carbons (Fsp3) is 0.387. The van der Waals surface area contributed by atoms with E-state index in [0.29, 0.717) is 11.3 Å². The van der Waals surface area contributed by atoms with Crippen LogP contribution in [0.2, 0.25) is 5.15 Å². The molecule has 260 valence electrons. The van der Waals surface area contributed by atoms with Gasteiger partial charge in [-0.25, -0.2) is 43.5 Å². The Labute approximate surface area is 286 Å². The Kier molecular flexibility index (Phi) is 7.89. The van der Waals surface area contributed by atoms with Gasteiger partial charge in [0.25, 0.3) is 0 Å². The number of ether oxygens (including phenoxy) is 4. The molecule has 1 aliphatic carbocycles. The van der Waals surface area contributed by atoms with Gasteiger partial charge in [0.05, 0.1) is 24.7 Å². The summed E-state index contributed by atoms with van der Waals surface area (Å²) in [6, 6.07) is 1.31. The number of hydrogen-bond donors (Lipinski definition) is 1. The SMILES string of the molecule is COC(=O)c1cc(-n2cnc3c(NC4CC4)ncnc32)c(F)c(OC(C)=O)c1[C@H]1O[C@H](n2cnc3c(Cl)ncnc32)[C@](C)(F)[C@@]1(C)OC(C)=O. The first-order valence-corrected chi connectivity index (χ1v) is 15.6. The third-order valence-corrected chi connectivity index (χ3v) is 9.06. The monoisotopic (exact) mass is 711 g/mol. The zero-order valence-corrected chi connectivity index (χ0v) is 27.9. The summed E-state index contributed by atoms with van der Waals surface area (Å²) in [5.41, 5.74) is -5.55. The van der Waals surface area contributed by atoms with E-state index in [1.165, 1.54) is 35.0 Å². The summed E-state index contributed by atoms with van der Waals surface area (Å²) in [4.78, 5) is 63.8. The highest BCUT2D eigenvalue weighted by Crippen LogP contribution is 2.59. The zero-order valence-electron chi connectivity index (χ0n) is 27.1. The molecule has 1 N–H and O–H groups in total. The molecule has 2 fully saturated rings. The fourth-order valence-corrected chi connectivity index (χ4v) is 6.31. The Hall–Kier alpha value is -5.36. The zero-order chi connectivity index (χ0) is 35.7. The number of hydrogen-bond acceptors (Lipinski definition) is 14. The molecule has 0 spiro atoms. The number of aromatic nitrogens is 8. The highest BCUT2D eigenvalue weighted by atomic mass is 35.5. The van der Waals surface area contributed by atoms with Crippen molar-refractivity contribution in [3.8, 4) is 11.4 Å². The number of nitrogens with zero attached hydrogens (tertiary/aromatic N) is 8. The molecule has 19 heteroatoms. The van der Waals surface area contributed by atoms with E-state index >= 15 is 8.78 Å². The Morgan fingerprint density at radius 2 is 1.70 bits per heavy atom. The fourth-order valence-electron chi connectivity index (χ4n) is 6.14. The number of fused-ring (bicyclic) bond motifs is 2. The molecule has 5 heterocycles. The van der Waals surface area contributed by atoms with E-state index in [1.54, 1.807) is 0 Å². The van der Waals surface area contributed by atoms with Gasteiger partial charge in [-0.3, -0.25) is 18.7 Å². The number of carbonyl (C=O) groups excluding carboxylic acids is 3. The number of anilines is 1. The van der Waals surface area contributed by atoms with E-state index < -0.39 is 64.2 Å². The maximum absolute atomic E-state index is 17.5. The van der Waals surface area contributed by atoms with Gasteiger partial charge in [0.2, 0.25) is 0 Å². The molecule has 1 aromatic carbocycles. The van der Waals surface area contributed by atoms with Crippen LogP contribution in [0.15, 0.2) is 31.4 Å². The molecule has 2 aliphatic rings. The van der Waals surface area contributed by atoms with Gasteiger partial charge in [-0.1, -0.05) is 11.6 Å². The van der Waals surface area contributed by atoms with E-state index in [9.17, 15) is 14.4 Å². The minimum atomic E-state index is -2.66. The van der Waals surface area contributed by atoms with Crippen LogP contribution in [-0.4, -0.2) is 81.4 Å². The lowest BCUT2D eigenvalue weighted by Gasteiger charge is -2.37. The Bertz CT molecular complexity index is 2220. The summed E-state index contributed by atoms with van der Waals surface area (Å²) in [5.74, 6) is -4.55. The van der Waals surface area contributed by atoms with Crippen LogP contribution in [-0.2, 0) is 23.8 Å². The van der Waals surface area contributed by atoms with Crippen molar-refractivity contribution in [3.63, 3.8) is 0 Å². The van der Waals surface area contributed by atoms with Gasteiger partial charge in [-0.05, 0) is 32.8 Å². The molecule has 0 bridgehead atoms. The Morgan fingerprint density at radius 1 is 1.00 bits per heavy atom. The maximum atomic E-state index is 17.5. The van der Waals surface area contributed by atoms with Crippen LogP contribution in [0.3, 0.4) is 0 Å². The lowest BCUT2D eigenvalue weighted by Crippen LogP contribution is -2.51. The molecule has 1 saturated heterocycles. The molecule has 16 nitrogen and oxygen atoms in total. The van der Waals surface area contributed by atoms with Crippen LogP contribution >= 0.6 is 11.6 Å². The highest BCUT2D eigenvalue weighted by molar-refractivity contribution is 6.33. The largest absolute Gasteiger partial charge is 0.465 e. The number of nitrogens with one attached hydrogen (secondary N) is 1. The summed E-state index contributed by atoms with van der Waals surface area (Å²) in [5, 5.41) is 3.22. The standard InChI is InChI=1S/C31H28ClF2N9O7/c1-13(44)48-22-18(23-31(4,50-14(2)45)30(3,34)29(49-23)43-12-39-20-24(32)35-9-37-26(20)43)16(28(46)47-5)8-17(19(22)33)42-11-40-21-25(41-15-6-7-15)36-10-38-27(21)42/h8-12,15,23,29H,6-7H2,1-5H3,(H,36,38,41)/t23-,29+,30+,31+/m1/s1. The molecule has 0 amide bonds. The third-order valence-electron chi connectivity index (χ3n) is 8.79. The Balaban J connectivity index is 1.47. The maximum Gasteiger partial charge on any atom is 0.338 e. The summed E-state index contributed by atoms with van der Waals surface area (Å²) >= 11 is 6.19. The summed E-state index contributed by atoms with van der Waals surface area (Å²) in [7, 11) is 1.07. The molecular weight excluding hydrogens is 684 g/mol. The quantitative estimate of drug-likeness (QED) is 0.136. The predicted octanol–water partition coefficient (Wildman–Crippen LogP) is 4.35. The third kappa shape index (κ3) is 5.17. The average Bonchev–Trinajstić information content (AvgIpc) is 3.53. The van der Waals surface area contributed by atoms with Gasteiger partial charge in [0, 0.05) is 25.5 Å². The molecule has 4 atom stereocenters. The van der Waals surface area contributed by atoms with Crippen LogP contribution in [0.25, 0.3) is 28.0 Å². The van der Waals surface area contributed by atoms with Crippen molar-refractivity contribution in [3.05, 3.63) is 53.5 Å². The topological polar surface area (TPSA) is 187 Å². The Morgan fingerprint density at radius 3 is 2.38 bits per heavy atom. The smallest absolute Gasteiger partial charge is 0.338 e. The number of imidazole rings is 2. The van der Waals surface area contributed by atoms with Crippen LogP contribution in [0.1, 0.15) is 68.8 Å². The first-order valence-electron chi connectivity index (χ1n) is 15.2. The highest BCUT2D eigenvalue weighted by Gasteiger charge is 2.68. The minimum absolute atomic E-state index is 0.0258. The summed E-state index contributed by atoms with van der Waals surface area (Å²) < 4.78 is 59.3. The van der Waals surface area contributed by atoms with Gasteiger partial charge in [-0.2, -0.15) is 0 Å². The van der Waals surface area contributed by atoms with Crippen LogP contribution in [0.5, 0.6) is 5.75 Å². The normalized spacial score (nSPS) is 23.3. The predicted molar refractivity (Wildman–Crippen MR) is 169 cm³/mol. The molecule has 50 heavy (non-hydrogen) atoms. The van der Waals surface area contributed by atoms with Gasteiger partial charge >= 0.3 is 17.9 Å². The number of methoxy groups -OCH3 is 1. The molecule has 7 rings (SSSR count). The van der Waals surface area contributed by atoms with Crippen molar-refractivity contribution in [2.24, 2.45) is 0 Å². The van der Waals surface area contributed by atoms with E-state index in [1.807, 2.05) is 0 Å². The number of alkyl halides is 1. The van der Waals surface area contributed by atoms with Crippen molar-refractivity contribution >= 4 is 57.7 Å². The molecule has 1 aliphatic heterocycles. The second-order valence-corrected chi connectivity index (χ2v) is 12.5. The molecular formula is C31H28ClF2N9O7. The number of carbonyl (C=O) groups is 3.